The number of carboxylic acid groups (broad SMARTS) is 1. The summed E-state index contributed by atoms with van der Waals surface area (Å²) < 4.78 is 0. The molecule has 1 heterocycles. The smallest absolute Gasteiger partial charge is 0.224 e. The Balaban J connectivity index is 1.68. The number of amides is 1. The van der Waals surface area contributed by atoms with Crippen molar-refractivity contribution in [1.29, 1.82) is 0 Å². The molecule has 2 bridgehead atoms. The fraction of sp³-hybridized carbons (Fsp3) is 0.400. The lowest BCUT2D eigenvalue weighted by Crippen LogP contribution is -2.44. The van der Waals surface area contributed by atoms with E-state index in [0.29, 0.717) is 6.54 Å². The molecule has 0 aromatic carbocycles. The van der Waals surface area contributed by atoms with Crippen LogP contribution in [0.1, 0.15) is 12.1 Å². The Morgan fingerprint density at radius 3 is 2.65 bits per heavy atom. The molecule has 0 saturated heterocycles. The maximum atomic E-state index is 12.3. The van der Waals surface area contributed by atoms with E-state index in [1.54, 1.807) is 12.3 Å². The van der Waals surface area contributed by atoms with Gasteiger partial charge in [-0.2, -0.15) is 0 Å². The second kappa shape index (κ2) is 5.07. The summed E-state index contributed by atoms with van der Waals surface area (Å²) >= 11 is 0. The number of carboxylic acids is 1. The van der Waals surface area contributed by atoms with Crippen molar-refractivity contribution in [2.24, 2.45) is 23.7 Å². The standard InChI is InChI=1S/C15H16N2O3/c18-14(17-8-11-3-1-2-6-16-11)12-9-4-5-10(7-9)13(12)15(19)20/h1-6,9-10,12-13H,7-8H2,(H,17,18)(H,19,20)/p-1. The summed E-state index contributed by atoms with van der Waals surface area (Å²) in [6, 6.07) is 5.47. The fourth-order valence-electron chi connectivity index (χ4n) is 3.30. The quantitative estimate of drug-likeness (QED) is 0.774. The molecule has 2 aliphatic carbocycles. The van der Waals surface area contributed by atoms with Crippen LogP contribution in [0.25, 0.3) is 0 Å². The largest absolute Gasteiger partial charge is 0.550 e. The lowest BCUT2D eigenvalue weighted by molar-refractivity contribution is -0.313. The molecule has 1 aromatic heterocycles. The van der Waals surface area contributed by atoms with Gasteiger partial charge in [-0.05, 0) is 30.4 Å². The van der Waals surface area contributed by atoms with E-state index in [1.807, 2.05) is 24.3 Å². The molecule has 1 amide bonds. The minimum Gasteiger partial charge on any atom is -0.550 e. The summed E-state index contributed by atoms with van der Waals surface area (Å²) in [6.45, 7) is 0.317. The molecule has 0 spiro atoms. The van der Waals surface area contributed by atoms with Crippen molar-refractivity contribution in [2.45, 2.75) is 13.0 Å². The number of hydrogen-bond donors (Lipinski definition) is 1. The Labute approximate surface area is 116 Å². The molecule has 20 heavy (non-hydrogen) atoms. The molecule has 2 aliphatic rings. The number of hydrogen-bond acceptors (Lipinski definition) is 4. The van der Waals surface area contributed by atoms with Gasteiger partial charge in [0.25, 0.3) is 0 Å². The molecule has 0 radical (unpaired) electrons. The van der Waals surface area contributed by atoms with Gasteiger partial charge in [-0.25, -0.2) is 0 Å². The molecule has 4 atom stereocenters. The Morgan fingerprint density at radius 1 is 1.25 bits per heavy atom. The first-order valence-electron chi connectivity index (χ1n) is 6.73. The SMILES string of the molecule is O=C([O-])C1C2C=CC(C2)C1C(=O)NCc1ccccn1. The number of allylic oxidation sites excluding steroid dienone is 2. The number of carbonyl (C=O) groups excluding carboxylic acids is 2. The predicted molar refractivity (Wildman–Crippen MR) is 68.8 cm³/mol. The lowest BCUT2D eigenvalue weighted by atomic mass is 9.82. The normalized spacial score (nSPS) is 30.4. The van der Waals surface area contributed by atoms with Crippen LogP contribution in [0.5, 0.6) is 0 Å². The predicted octanol–water partition coefficient (Wildman–Crippen LogP) is -0.114. The number of pyridine rings is 1. The molecule has 104 valence electrons. The van der Waals surface area contributed by atoms with Crippen molar-refractivity contribution in [3.63, 3.8) is 0 Å². The van der Waals surface area contributed by atoms with Gasteiger partial charge in [-0.15, -0.1) is 0 Å². The molecule has 5 nitrogen and oxygen atoms in total. The first-order valence-corrected chi connectivity index (χ1v) is 6.73. The Hall–Kier alpha value is -2.17. The monoisotopic (exact) mass is 271 g/mol. The van der Waals surface area contributed by atoms with E-state index in [2.05, 4.69) is 10.3 Å². The van der Waals surface area contributed by atoms with Crippen LogP contribution in [0.2, 0.25) is 0 Å². The van der Waals surface area contributed by atoms with Crippen LogP contribution >= 0.6 is 0 Å². The zero-order chi connectivity index (χ0) is 14.1. The number of aliphatic carboxylic acids is 1. The van der Waals surface area contributed by atoms with E-state index in [-0.39, 0.29) is 17.7 Å². The molecule has 1 aromatic rings. The molecule has 1 N–H and O–H groups in total. The second-order valence-electron chi connectivity index (χ2n) is 5.36. The number of rotatable bonds is 4. The van der Waals surface area contributed by atoms with Crippen molar-refractivity contribution in [1.82, 2.24) is 10.3 Å². The summed E-state index contributed by atoms with van der Waals surface area (Å²) in [5, 5.41) is 14.0. The van der Waals surface area contributed by atoms with Crippen molar-refractivity contribution in [3.8, 4) is 0 Å². The average molecular weight is 271 g/mol. The Kier molecular flexibility index (Phi) is 3.26. The summed E-state index contributed by atoms with van der Waals surface area (Å²) in [6.07, 6.45) is 6.24. The summed E-state index contributed by atoms with van der Waals surface area (Å²) in [5.41, 5.74) is 0.754. The van der Waals surface area contributed by atoms with Gasteiger partial charge in [-0.3, -0.25) is 9.78 Å². The summed E-state index contributed by atoms with van der Waals surface area (Å²) in [4.78, 5) is 27.6. The molecule has 3 rings (SSSR count). The van der Waals surface area contributed by atoms with E-state index < -0.39 is 17.8 Å². The third kappa shape index (κ3) is 2.19. The summed E-state index contributed by atoms with van der Waals surface area (Å²) in [5.74, 6) is -2.60. The number of aromatic nitrogens is 1. The van der Waals surface area contributed by atoms with Gasteiger partial charge in [0.15, 0.2) is 0 Å². The van der Waals surface area contributed by atoms with Gasteiger partial charge in [0.1, 0.15) is 0 Å². The molecule has 4 unspecified atom stereocenters. The van der Waals surface area contributed by atoms with Gasteiger partial charge in [-0.1, -0.05) is 18.2 Å². The van der Waals surface area contributed by atoms with E-state index in [0.717, 1.165) is 12.1 Å². The van der Waals surface area contributed by atoms with E-state index in [4.69, 9.17) is 0 Å². The highest BCUT2D eigenvalue weighted by Gasteiger charge is 2.48. The molecule has 1 fully saturated rings. The second-order valence-corrected chi connectivity index (χ2v) is 5.36. The molecular weight excluding hydrogens is 256 g/mol. The lowest BCUT2D eigenvalue weighted by Gasteiger charge is -2.27. The van der Waals surface area contributed by atoms with Crippen LogP contribution < -0.4 is 10.4 Å². The van der Waals surface area contributed by atoms with Gasteiger partial charge in [0.05, 0.1) is 18.2 Å². The van der Waals surface area contributed by atoms with E-state index in [1.165, 1.54) is 0 Å². The number of carbonyl (C=O) groups is 2. The van der Waals surface area contributed by atoms with Gasteiger partial charge < -0.3 is 15.2 Å². The molecule has 0 aliphatic heterocycles. The van der Waals surface area contributed by atoms with Crippen LogP contribution in [-0.4, -0.2) is 16.9 Å². The Morgan fingerprint density at radius 2 is 2.00 bits per heavy atom. The topological polar surface area (TPSA) is 82.1 Å². The number of fused-ring (bicyclic) bond motifs is 2. The van der Waals surface area contributed by atoms with Crippen molar-refractivity contribution < 1.29 is 14.7 Å². The number of nitrogens with one attached hydrogen (secondary N) is 1. The third-order valence-corrected chi connectivity index (χ3v) is 4.20. The van der Waals surface area contributed by atoms with Crippen LogP contribution in [0, 0.1) is 23.7 Å². The molecular formula is C15H15N2O3-. The highest BCUT2D eigenvalue weighted by Crippen LogP contribution is 2.47. The van der Waals surface area contributed by atoms with Crippen molar-refractivity contribution in [2.75, 3.05) is 0 Å². The fourth-order valence-corrected chi connectivity index (χ4v) is 3.30. The summed E-state index contributed by atoms with van der Waals surface area (Å²) in [7, 11) is 0. The minimum atomic E-state index is -1.13. The maximum absolute atomic E-state index is 12.3. The highest BCUT2D eigenvalue weighted by molar-refractivity contribution is 5.86. The molecule has 5 heteroatoms. The average Bonchev–Trinajstić information content (AvgIpc) is 3.06. The van der Waals surface area contributed by atoms with Crippen LogP contribution in [0.3, 0.4) is 0 Å². The minimum absolute atomic E-state index is 0.0200. The number of nitrogens with zero attached hydrogens (tertiary/aromatic N) is 1. The zero-order valence-electron chi connectivity index (χ0n) is 10.9. The van der Waals surface area contributed by atoms with Crippen molar-refractivity contribution >= 4 is 11.9 Å². The van der Waals surface area contributed by atoms with Gasteiger partial charge in [0, 0.05) is 18.1 Å². The zero-order valence-corrected chi connectivity index (χ0v) is 10.9. The van der Waals surface area contributed by atoms with Crippen molar-refractivity contribution in [3.05, 3.63) is 42.2 Å². The van der Waals surface area contributed by atoms with E-state index >= 15 is 0 Å². The van der Waals surface area contributed by atoms with E-state index in [9.17, 15) is 14.7 Å². The third-order valence-electron chi connectivity index (χ3n) is 4.20. The van der Waals surface area contributed by atoms with Gasteiger partial charge >= 0.3 is 0 Å². The van der Waals surface area contributed by atoms with Crippen LogP contribution in [0.15, 0.2) is 36.5 Å². The first-order chi connectivity index (χ1) is 9.66. The first kappa shape index (κ1) is 12.8. The Bertz CT molecular complexity index is 555. The molecule has 1 saturated carbocycles. The van der Waals surface area contributed by atoms with Crippen LogP contribution in [0.4, 0.5) is 0 Å². The highest BCUT2D eigenvalue weighted by atomic mass is 16.4. The van der Waals surface area contributed by atoms with Crippen LogP contribution in [-0.2, 0) is 16.1 Å². The van der Waals surface area contributed by atoms with Gasteiger partial charge in [0.2, 0.25) is 5.91 Å². The maximum Gasteiger partial charge on any atom is 0.224 e.